The van der Waals surface area contributed by atoms with Crippen molar-refractivity contribution in [3.63, 3.8) is 0 Å². The molecule has 1 saturated heterocycles. The summed E-state index contributed by atoms with van der Waals surface area (Å²) in [5.41, 5.74) is 1.27. The molecule has 0 saturated carbocycles. The van der Waals surface area contributed by atoms with Crippen LogP contribution in [-0.2, 0) is 41.7 Å². The molecule has 4 atom stereocenters. The third-order valence-electron chi connectivity index (χ3n) is 6.95. The van der Waals surface area contributed by atoms with E-state index in [1.165, 1.54) is 12.1 Å². The second-order valence-corrected chi connectivity index (χ2v) is 11.4. The van der Waals surface area contributed by atoms with Crippen LogP contribution in [0.3, 0.4) is 0 Å². The topological polar surface area (TPSA) is 101 Å². The Bertz CT molecular complexity index is 1270. The highest BCUT2D eigenvalue weighted by Crippen LogP contribution is 2.37. The molecule has 1 heterocycles. The molecule has 1 aliphatic rings. The maximum absolute atomic E-state index is 13.0. The van der Waals surface area contributed by atoms with Crippen molar-refractivity contribution in [2.75, 3.05) is 20.3 Å². The van der Waals surface area contributed by atoms with Gasteiger partial charge in [-0.05, 0) is 55.7 Å². The van der Waals surface area contributed by atoms with Crippen LogP contribution in [0.4, 0.5) is 0 Å². The zero-order valence-corrected chi connectivity index (χ0v) is 23.3. The number of hydrogen-bond acceptors (Lipinski definition) is 8. The molecule has 0 aromatic heterocycles. The van der Waals surface area contributed by atoms with Crippen molar-refractivity contribution in [3.05, 3.63) is 95.6 Å². The van der Waals surface area contributed by atoms with Gasteiger partial charge < -0.3 is 24.1 Å². The number of aliphatic hydroxyl groups is 1. The summed E-state index contributed by atoms with van der Waals surface area (Å²) in [6.45, 7) is 4.23. The first-order valence-corrected chi connectivity index (χ1v) is 14.3. The third kappa shape index (κ3) is 7.66. The molecule has 210 valence electrons. The second-order valence-electron chi connectivity index (χ2n) is 9.87. The van der Waals surface area contributed by atoms with Crippen LogP contribution in [0.2, 0.25) is 0 Å². The Balaban J connectivity index is 1.47. The predicted molar refractivity (Wildman–Crippen MR) is 146 cm³/mol. The van der Waals surface area contributed by atoms with Gasteiger partial charge in [0.1, 0.15) is 11.9 Å². The molecule has 0 amide bonds. The van der Waals surface area contributed by atoms with Crippen molar-refractivity contribution in [2.24, 2.45) is 5.92 Å². The number of methoxy groups -OCH3 is 1. The minimum Gasteiger partial charge on any atom is -0.497 e. The van der Waals surface area contributed by atoms with Gasteiger partial charge in [0, 0.05) is 12.5 Å². The highest BCUT2D eigenvalue weighted by Gasteiger charge is 2.51. The van der Waals surface area contributed by atoms with E-state index in [0.29, 0.717) is 19.6 Å². The van der Waals surface area contributed by atoms with Crippen LogP contribution in [0.25, 0.3) is 0 Å². The lowest BCUT2D eigenvalue weighted by Crippen LogP contribution is -2.59. The molecule has 0 unspecified atom stereocenters. The molecule has 0 radical (unpaired) electrons. The Labute approximate surface area is 230 Å². The van der Waals surface area contributed by atoms with Gasteiger partial charge in [0.25, 0.3) is 10.1 Å². The average molecular weight is 557 g/mol. The molecule has 1 N–H and O–H groups in total. The largest absolute Gasteiger partial charge is 0.497 e. The average Bonchev–Trinajstić information content (AvgIpc) is 2.93. The number of hydrogen-bond donors (Lipinski definition) is 1. The first-order valence-electron chi connectivity index (χ1n) is 12.9. The van der Waals surface area contributed by atoms with Gasteiger partial charge in [0.2, 0.25) is 0 Å². The van der Waals surface area contributed by atoms with E-state index in [4.69, 9.17) is 23.1 Å². The number of ether oxygens (including phenoxy) is 4. The number of rotatable bonds is 12. The standard InChI is InChI=1S/C30H36O8S/c1-22-9-15-26(16-10-22)39(32,33)38-28-21-37-29(36-20-24-11-13-25(34-3)14-12-24)27(30(28,2)31)17-18-35-19-23-7-5-4-6-8-23/h4-16,27-29,31H,17-21H2,1-3H3/t27-,28+,29+,30-/m0/s1. The highest BCUT2D eigenvalue weighted by atomic mass is 32.2. The lowest BCUT2D eigenvalue weighted by atomic mass is 9.80. The molecule has 1 fully saturated rings. The van der Waals surface area contributed by atoms with E-state index in [9.17, 15) is 13.5 Å². The van der Waals surface area contributed by atoms with Crippen molar-refractivity contribution in [1.29, 1.82) is 0 Å². The fraction of sp³-hybridized carbons (Fsp3) is 0.400. The molecule has 0 bridgehead atoms. The lowest BCUT2D eigenvalue weighted by Gasteiger charge is -2.46. The molecular formula is C30H36O8S. The van der Waals surface area contributed by atoms with Crippen LogP contribution in [-0.4, -0.2) is 51.8 Å². The fourth-order valence-corrected chi connectivity index (χ4v) is 5.62. The maximum atomic E-state index is 13.0. The SMILES string of the molecule is COc1ccc(CO[C@@H]2OC[C@@H](OS(=O)(=O)c3ccc(C)cc3)[C@@](C)(O)[C@H]2CCOCc2ccccc2)cc1. The van der Waals surface area contributed by atoms with Crippen LogP contribution < -0.4 is 4.74 Å². The Hall–Kier alpha value is -2.79. The Morgan fingerprint density at radius 3 is 2.28 bits per heavy atom. The summed E-state index contributed by atoms with van der Waals surface area (Å²) in [5, 5.41) is 11.7. The zero-order chi connectivity index (χ0) is 27.9. The molecule has 3 aromatic carbocycles. The van der Waals surface area contributed by atoms with Crippen LogP contribution in [0.5, 0.6) is 5.75 Å². The van der Waals surface area contributed by atoms with E-state index in [1.54, 1.807) is 26.2 Å². The Morgan fingerprint density at radius 2 is 1.62 bits per heavy atom. The van der Waals surface area contributed by atoms with E-state index >= 15 is 0 Å². The molecule has 4 rings (SSSR count). The molecular weight excluding hydrogens is 520 g/mol. The Kier molecular flexibility index (Phi) is 9.76. The summed E-state index contributed by atoms with van der Waals surface area (Å²) in [6, 6.07) is 23.6. The van der Waals surface area contributed by atoms with Gasteiger partial charge in [-0.25, -0.2) is 0 Å². The van der Waals surface area contributed by atoms with E-state index in [0.717, 1.165) is 22.4 Å². The van der Waals surface area contributed by atoms with Crippen LogP contribution in [0.15, 0.2) is 83.8 Å². The smallest absolute Gasteiger partial charge is 0.297 e. The predicted octanol–water partition coefficient (Wildman–Crippen LogP) is 4.62. The highest BCUT2D eigenvalue weighted by molar-refractivity contribution is 7.86. The molecule has 8 nitrogen and oxygen atoms in total. The van der Waals surface area contributed by atoms with Gasteiger partial charge in [-0.3, -0.25) is 4.18 Å². The van der Waals surface area contributed by atoms with Crippen molar-refractivity contribution >= 4 is 10.1 Å². The summed E-state index contributed by atoms with van der Waals surface area (Å²) in [7, 11) is -2.53. The molecule has 3 aromatic rings. The van der Waals surface area contributed by atoms with E-state index in [2.05, 4.69) is 0 Å². The molecule has 39 heavy (non-hydrogen) atoms. The minimum absolute atomic E-state index is 0.0181. The summed E-state index contributed by atoms with van der Waals surface area (Å²) >= 11 is 0. The van der Waals surface area contributed by atoms with Crippen molar-refractivity contribution < 1.29 is 36.7 Å². The minimum atomic E-state index is -4.14. The molecule has 0 aliphatic carbocycles. The van der Waals surface area contributed by atoms with Gasteiger partial charge in [0.05, 0.1) is 37.4 Å². The summed E-state index contributed by atoms with van der Waals surface area (Å²) in [4.78, 5) is 0.0181. The fourth-order valence-electron chi connectivity index (χ4n) is 4.49. The lowest BCUT2D eigenvalue weighted by molar-refractivity contribution is -0.282. The monoisotopic (exact) mass is 556 g/mol. The van der Waals surface area contributed by atoms with E-state index in [1.807, 2.05) is 61.5 Å². The van der Waals surface area contributed by atoms with Crippen LogP contribution >= 0.6 is 0 Å². The maximum Gasteiger partial charge on any atom is 0.297 e. The van der Waals surface area contributed by atoms with Gasteiger partial charge in [-0.2, -0.15) is 8.42 Å². The third-order valence-corrected chi connectivity index (χ3v) is 8.29. The first kappa shape index (κ1) is 29.2. The van der Waals surface area contributed by atoms with E-state index in [-0.39, 0.29) is 18.1 Å². The molecule has 0 spiro atoms. The summed E-state index contributed by atoms with van der Waals surface area (Å²) < 4.78 is 54.7. The van der Waals surface area contributed by atoms with Gasteiger partial charge in [0.15, 0.2) is 6.29 Å². The number of aryl methyl sites for hydroxylation is 1. The Morgan fingerprint density at radius 1 is 0.949 bits per heavy atom. The molecule has 9 heteroatoms. The van der Waals surface area contributed by atoms with Gasteiger partial charge in [-0.15, -0.1) is 0 Å². The second kappa shape index (κ2) is 13.0. The first-order chi connectivity index (χ1) is 18.7. The van der Waals surface area contributed by atoms with Crippen molar-refractivity contribution in [1.82, 2.24) is 0 Å². The van der Waals surface area contributed by atoms with Crippen LogP contribution in [0, 0.1) is 12.8 Å². The van der Waals surface area contributed by atoms with Crippen LogP contribution in [0.1, 0.15) is 30.0 Å². The summed E-state index contributed by atoms with van der Waals surface area (Å²) in [6.07, 6.45) is -1.58. The molecule has 1 aliphatic heterocycles. The summed E-state index contributed by atoms with van der Waals surface area (Å²) in [5.74, 6) is 0.109. The number of benzene rings is 3. The normalized spacial score (nSPS) is 23.4. The van der Waals surface area contributed by atoms with Crippen molar-refractivity contribution in [3.8, 4) is 5.75 Å². The van der Waals surface area contributed by atoms with Crippen molar-refractivity contribution in [2.45, 2.75) is 56.4 Å². The van der Waals surface area contributed by atoms with Gasteiger partial charge >= 0.3 is 0 Å². The quantitative estimate of drug-likeness (QED) is 0.255. The van der Waals surface area contributed by atoms with E-state index < -0.39 is 34.0 Å². The zero-order valence-electron chi connectivity index (χ0n) is 22.5. The van der Waals surface area contributed by atoms with Gasteiger partial charge in [-0.1, -0.05) is 60.2 Å².